The highest BCUT2D eigenvalue weighted by molar-refractivity contribution is 5.27. The number of phenolic OH excluding ortho intramolecular Hbond substituents is 1. The van der Waals surface area contributed by atoms with Gasteiger partial charge in [0.05, 0.1) is 0 Å². The lowest BCUT2D eigenvalue weighted by molar-refractivity contribution is -0.283. The summed E-state index contributed by atoms with van der Waals surface area (Å²) in [6, 6.07) is 6.86. The SMILES string of the molecule is CCCCCCCC/C=C/CCCCCCCCC(OO)c1ccc(O)cc1. The zero-order valence-electron chi connectivity index (χ0n) is 18.0. The Morgan fingerprint density at radius 3 is 1.79 bits per heavy atom. The molecule has 0 radical (unpaired) electrons. The van der Waals surface area contributed by atoms with E-state index in [9.17, 15) is 5.11 Å². The van der Waals surface area contributed by atoms with Gasteiger partial charge in [0, 0.05) is 0 Å². The first-order valence-electron chi connectivity index (χ1n) is 11.5. The van der Waals surface area contributed by atoms with Crippen LogP contribution in [0.3, 0.4) is 0 Å². The molecule has 3 heteroatoms. The van der Waals surface area contributed by atoms with Gasteiger partial charge in [0.1, 0.15) is 11.9 Å². The lowest BCUT2D eigenvalue weighted by Crippen LogP contribution is -2.01. The van der Waals surface area contributed by atoms with Crippen molar-refractivity contribution in [1.82, 2.24) is 0 Å². The second-order valence-electron chi connectivity index (χ2n) is 7.91. The van der Waals surface area contributed by atoms with E-state index in [1.165, 1.54) is 83.5 Å². The van der Waals surface area contributed by atoms with Crippen molar-refractivity contribution in [1.29, 1.82) is 0 Å². The smallest absolute Gasteiger partial charge is 0.118 e. The third-order valence-electron chi connectivity index (χ3n) is 5.37. The molecule has 0 spiro atoms. The molecular formula is C25H42O3. The van der Waals surface area contributed by atoms with Crippen molar-refractivity contribution < 1.29 is 15.3 Å². The molecule has 1 atom stereocenters. The normalized spacial score (nSPS) is 12.6. The van der Waals surface area contributed by atoms with Gasteiger partial charge in [-0.2, -0.15) is 0 Å². The van der Waals surface area contributed by atoms with Crippen molar-refractivity contribution in [3.8, 4) is 5.75 Å². The molecule has 2 N–H and O–H groups in total. The van der Waals surface area contributed by atoms with E-state index < -0.39 is 0 Å². The summed E-state index contributed by atoms with van der Waals surface area (Å²) in [6.07, 6.45) is 23.3. The minimum Gasteiger partial charge on any atom is -0.508 e. The third-order valence-corrected chi connectivity index (χ3v) is 5.37. The average Bonchev–Trinajstić information content (AvgIpc) is 2.71. The molecule has 0 saturated heterocycles. The topological polar surface area (TPSA) is 49.7 Å². The van der Waals surface area contributed by atoms with E-state index in [1.807, 2.05) is 0 Å². The molecule has 0 heterocycles. The van der Waals surface area contributed by atoms with Gasteiger partial charge in [-0.15, -0.1) is 0 Å². The molecule has 1 aromatic carbocycles. The minimum atomic E-state index is -0.294. The second kappa shape index (κ2) is 17.8. The van der Waals surface area contributed by atoms with Crippen molar-refractivity contribution in [3.05, 3.63) is 42.0 Å². The molecule has 28 heavy (non-hydrogen) atoms. The number of rotatable bonds is 18. The molecule has 0 amide bonds. The van der Waals surface area contributed by atoms with Crippen LogP contribution < -0.4 is 0 Å². The zero-order valence-corrected chi connectivity index (χ0v) is 18.0. The standard InChI is InChI=1S/C25H42O3/c1-2-3-4-5-6-7-8-9-10-11-12-13-14-15-16-17-18-25(28-27)23-19-21-24(26)22-20-23/h9-10,19-22,25-27H,2-8,11-18H2,1H3/b10-9+. The second-order valence-corrected chi connectivity index (χ2v) is 7.91. The molecule has 0 aromatic heterocycles. The summed E-state index contributed by atoms with van der Waals surface area (Å²) < 4.78 is 0. The zero-order chi connectivity index (χ0) is 20.3. The van der Waals surface area contributed by atoms with E-state index in [4.69, 9.17) is 5.26 Å². The number of unbranched alkanes of at least 4 members (excludes halogenated alkanes) is 12. The molecule has 0 aliphatic heterocycles. The molecule has 0 saturated carbocycles. The largest absolute Gasteiger partial charge is 0.508 e. The van der Waals surface area contributed by atoms with Gasteiger partial charge >= 0.3 is 0 Å². The van der Waals surface area contributed by atoms with Gasteiger partial charge in [0.15, 0.2) is 0 Å². The third kappa shape index (κ3) is 13.0. The van der Waals surface area contributed by atoms with Gasteiger partial charge in [0.25, 0.3) is 0 Å². The Morgan fingerprint density at radius 2 is 1.25 bits per heavy atom. The number of aromatic hydroxyl groups is 1. The molecular weight excluding hydrogens is 348 g/mol. The predicted molar refractivity (Wildman–Crippen MR) is 119 cm³/mol. The van der Waals surface area contributed by atoms with E-state index >= 15 is 0 Å². The van der Waals surface area contributed by atoms with E-state index in [-0.39, 0.29) is 11.9 Å². The Bertz CT molecular complexity index is 481. The van der Waals surface area contributed by atoms with Crippen LogP contribution in [0.25, 0.3) is 0 Å². The van der Waals surface area contributed by atoms with E-state index in [1.54, 1.807) is 24.3 Å². The van der Waals surface area contributed by atoms with Crippen molar-refractivity contribution in [2.45, 2.75) is 109 Å². The highest BCUT2D eigenvalue weighted by atomic mass is 17.1. The highest BCUT2D eigenvalue weighted by Crippen LogP contribution is 2.25. The van der Waals surface area contributed by atoms with Gasteiger partial charge in [-0.3, -0.25) is 5.26 Å². The predicted octanol–water partition coefficient (Wildman–Crippen LogP) is 8.35. The van der Waals surface area contributed by atoms with Crippen LogP contribution in [0.15, 0.2) is 36.4 Å². The number of phenols is 1. The number of allylic oxidation sites excluding steroid dienone is 2. The lowest BCUT2D eigenvalue weighted by Gasteiger charge is -2.13. The van der Waals surface area contributed by atoms with Gasteiger partial charge in [-0.1, -0.05) is 95.4 Å². The monoisotopic (exact) mass is 390 g/mol. The van der Waals surface area contributed by atoms with Crippen LogP contribution in [0.1, 0.15) is 115 Å². The Hall–Kier alpha value is -1.32. The highest BCUT2D eigenvalue weighted by Gasteiger charge is 2.11. The molecule has 0 aliphatic rings. The first-order chi connectivity index (χ1) is 13.8. The summed E-state index contributed by atoms with van der Waals surface area (Å²) >= 11 is 0. The van der Waals surface area contributed by atoms with E-state index in [0.717, 1.165) is 18.4 Å². The minimum absolute atomic E-state index is 0.234. The van der Waals surface area contributed by atoms with Crippen molar-refractivity contribution in [3.63, 3.8) is 0 Å². The Morgan fingerprint density at radius 1 is 0.750 bits per heavy atom. The number of benzene rings is 1. The Kier molecular flexibility index (Phi) is 15.7. The maximum atomic E-state index is 9.33. The van der Waals surface area contributed by atoms with Crippen molar-refractivity contribution >= 4 is 0 Å². The summed E-state index contributed by atoms with van der Waals surface area (Å²) in [5.41, 5.74) is 0.910. The van der Waals surface area contributed by atoms with Crippen LogP contribution in [-0.2, 0) is 4.89 Å². The first kappa shape index (κ1) is 24.7. The first-order valence-corrected chi connectivity index (χ1v) is 11.5. The Balaban J connectivity index is 1.90. The molecule has 3 nitrogen and oxygen atoms in total. The summed E-state index contributed by atoms with van der Waals surface area (Å²) in [5.74, 6) is 0.234. The van der Waals surface area contributed by atoms with E-state index in [0.29, 0.717) is 0 Å². The molecule has 1 rings (SSSR count). The maximum Gasteiger partial charge on any atom is 0.118 e. The molecule has 0 bridgehead atoms. The fraction of sp³-hybridized carbons (Fsp3) is 0.680. The van der Waals surface area contributed by atoms with Crippen LogP contribution in [0.4, 0.5) is 0 Å². The fourth-order valence-electron chi connectivity index (χ4n) is 3.55. The van der Waals surface area contributed by atoms with Gasteiger partial charge in [0.2, 0.25) is 0 Å². The number of hydrogen-bond acceptors (Lipinski definition) is 3. The van der Waals surface area contributed by atoms with E-state index in [2.05, 4.69) is 24.0 Å². The maximum absolute atomic E-state index is 9.33. The van der Waals surface area contributed by atoms with Crippen LogP contribution >= 0.6 is 0 Å². The molecule has 0 aliphatic carbocycles. The Labute approximate surface area is 172 Å². The van der Waals surface area contributed by atoms with Crippen LogP contribution in [0.5, 0.6) is 5.75 Å². The summed E-state index contributed by atoms with van der Waals surface area (Å²) in [4.78, 5) is 4.61. The fourth-order valence-corrected chi connectivity index (χ4v) is 3.55. The van der Waals surface area contributed by atoms with Crippen LogP contribution in [0.2, 0.25) is 0 Å². The lowest BCUT2D eigenvalue weighted by atomic mass is 10.0. The summed E-state index contributed by atoms with van der Waals surface area (Å²) in [5, 5.41) is 18.4. The summed E-state index contributed by atoms with van der Waals surface area (Å²) in [6.45, 7) is 2.27. The van der Waals surface area contributed by atoms with Crippen molar-refractivity contribution in [2.75, 3.05) is 0 Å². The van der Waals surface area contributed by atoms with Crippen molar-refractivity contribution in [2.24, 2.45) is 0 Å². The summed E-state index contributed by atoms with van der Waals surface area (Å²) in [7, 11) is 0. The van der Waals surface area contributed by atoms with Crippen LogP contribution in [0, 0.1) is 0 Å². The number of hydrogen-bond donors (Lipinski definition) is 2. The van der Waals surface area contributed by atoms with Gasteiger partial charge in [-0.05, 0) is 49.8 Å². The molecule has 160 valence electrons. The van der Waals surface area contributed by atoms with Gasteiger partial charge < -0.3 is 5.11 Å². The average molecular weight is 391 g/mol. The van der Waals surface area contributed by atoms with Gasteiger partial charge in [-0.25, -0.2) is 4.89 Å². The molecule has 1 aromatic rings. The van der Waals surface area contributed by atoms with Crippen LogP contribution in [-0.4, -0.2) is 10.4 Å². The quantitative estimate of drug-likeness (QED) is 0.115. The molecule has 1 unspecified atom stereocenters. The molecule has 0 fully saturated rings.